The minimum atomic E-state index is -0.788. The van der Waals surface area contributed by atoms with Crippen molar-refractivity contribution in [3.63, 3.8) is 0 Å². The zero-order chi connectivity index (χ0) is 14.7. The van der Waals surface area contributed by atoms with E-state index < -0.39 is 12.0 Å². The van der Waals surface area contributed by atoms with E-state index in [4.69, 9.17) is 9.47 Å². The summed E-state index contributed by atoms with van der Waals surface area (Å²) in [4.78, 5) is 12.2. The Morgan fingerprint density at radius 3 is 2.81 bits per heavy atom. The third kappa shape index (κ3) is 4.04. The number of carboxylic acid groups (broad SMARTS) is 1. The molecule has 1 aliphatic heterocycles. The maximum Gasteiger partial charge on any atom is 0.321 e. The topological polar surface area (TPSA) is 67.8 Å². The first-order valence-electron chi connectivity index (χ1n) is 7.23. The molecule has 5 nitrogen and oxygen atoms in total. The molecule has 1 aromatic rings. The molecule has 6 heteroatoms. The van der Waals surface area contributed by atoms with Gasteiger partial charge in [-0.1, -0.05) is 0 Å². The first-order chi connectivity index (χ1) is 10.2. The molecule has 2 aliphatic rings. The third-order valence-electron chi connectivity index (χ3n) is 3.45. The van der Waals surface area contributed by atoms with Crippen molar-refractivity contribution in [2.24, 2.45) is 0 Å². The van der Waals surface area contributed by atoms with Crippen LogP contribution < -0.4 is 14.8 Å². The lowest BCUT2D eigenvalue weighted by Gasteiger charge is -2.14. The molecule has 3 rings (SSSR count). The minimum Gasteiger partial charge on any atom is -0.490 e. The maximum atomic E-state index is 11.2. The summed E-state index contributed by atoms with van der Waals surface area (Å²) >= 11 is 1.53. The molecule has 2 N–H and O–H groups in total. The Hall–Kier alpha value is -1.40. The molecule has 0 radical (unpaired) electrons. The molecule has 0 amide bonds. The van der Waals surface area contributed by atoms with Gasteiger partial charge in [0.15, 0.2) is 11.5 Å². The molecular formula is C15H19NO4S. The molecule has 21 heavy (non-hydrogen) atoms. The van der Waals surface area contributed by atoms with Crippen LogP contribution in [0.1, 0.15) is 19.3 Å². The van der Waals surface area contributed by atoms with E-state index in [0.717, 1.165) is 35.7 Å². The number of carbonyl (C=O) groups is 1. The average Bonchev–Trinajstić information content (AvgIpc) is 3.29. The molecule has 0 aromatic heterocycles. The summed E-state index contributed by atoms with van der Waals surface area (Å²) in [6.07, 6.45) is 3.04. The number of thioether (sulfide) groups is 1. The second-order valence-electron chi connectivity index (χ2n) is 5.30. The molecule has 0 bridgehead atoms. The first kappa shape index (κ1) is 14.5. The Balaban J connectivity index is 1.61. The standard InChI is InChI=1S/C15H19NO4S/c17-15(18)12(16-10-2-3-10)9-21-11-4-5-13-14(8-11)20-7-1-6-19-13/h4-5,8,10,12,16H,1-3,6-7,9H2,(H,17,18). The summed E-state index contributed by atoms with van der Waals surface area (Å²) < 4.78 is 11.2. The quantitative estimate of drug-likeness (QED) is 0.785. The van der Waals surface area contributed by atoms with E-state index in [1.807, 2.05) is 18.2 Å². The van der Waals surface area contributed by atoms with Crippen molar-refractivity contribution in [3.8, 4) is 11.5 Å². The van der Waals surface area contributed by atoms with Crippen molar-refractivity contribution in [3.05, 3.63) is 18.2 Å². The molecule has 1 aliphatic carbocycles. The fourth-order valence-corrected chi connectivity index (χ4v) is 3.09. The van der Waals surface area contributed by atoms with Crippen LogP contribution in [0.4, 0.5) is 0 Å². The van der Waals surface area contributed by atoms with Crippen molar-refractivity contribution >= 4 is 17.7 Å². The van der Waals surface area contributed by atoms with Crippen molar-refractivity contribution in [2.45, 2.75) is 36.2 Å². The fourth-order valence-electron chi connectivity index (χ4n) is 2.14. The number of hydrogen-bond acceptors (Lipinski definition) is 5. The van der Waals surface area contributed by atoms with Gasteiger partial charge in [-0.2, -0.15) is 0 Å². The summed E-state index contributed by atoms with van der Waals surface area (Å²) in [7, 11) is 0. The van der Waals surface area contributed by atoms with Gasteiger partial charge < -0.3 is 19.9 Å². The number of hydrogen-bond donors (Lipinski definition) is 2. The van der Waals surface area contributed by atoms with Crippen molar-refractivity contribution in [2.75, 3.05) is 19.0 Å². The van der Waals surface area contributed by atoms with Gasteiger partial charge in [0.25, 0.3) is 0 Å². The summed E-state index contributed by atoms with van der Waals surface area (Å²) in [5.74, 6) is 1.23. The van der Waals surface area contributed by atoms with Gasteiger partial charge >= 0.3 is 5.97 Å². The van der Waals surface area contributed by atoms with E-state index >= 15 is 0 Å². The highest BCUT2D eigenvalue weighted by molar-refractivity contribution is 7.99. The van der Waals surface area contributed by atoms with E-state index in [2.05, 4.69) is 5.32 Å². The minimum absolute atomic E-state index is 0.385. The Morgan fingerprint density at radius 1 is 1.33 bits per heavy atom. The Bertz CT molecular complexity index is 518. The zero-order valence-corrected chi connectivity index (χ0v) is 12.5. The first-order valence-corrected chi connectivity index (χ1v) is 8.22. The molecule has 1 saturated carbocycles. The van der Waals surface area contributed by atoms with Gasteiger partial charge in [0.05, 0.1) is 13.2 Å². The molecule has 1 unspecified atom stereocenters. The summed E-state index contributed by atoms with van der Waals surface area (Å²) in [5.41, 5.74) is 0. The Morgan fingerprint density at radius 2 is 2.10 bits per heavy atom. The second-order valence-corrected chi connectivity index (χ2v) is 6.40. The molecule has 0 saturated heterocycles. The lowest BCUT2D eigenvalue weighted by Crippen LogP contribution is -2.40. The predicted octanol–water partition coefficient (Wildman–Crippen LogP) is 2.15. The van der Waals surface area contributed by atoms with E-state index in [-0.39, 0.29) is 0 Å². The van der Waals surface area contributed by atoms with Gasteiger partial charge in [0.1, 0.15) is 6.04 Å². The smallest absolute Gasteiger partial charge is 0.321 e. The van der Waals surface area contributed by atoms with Crippen molar-refractivity contribution in [1.82, 2.24) is 5.32 Å². The van der Waals surface area contributed by atoms with Crippen LogP contribution in [0.2, 0.25) is 0 Å². The highest BCUT2D eigenvalue weighted by Crippen LogP contribution is 2.34. The number of carboxylic acids is 1. The second kappa shape index (κ2) is 6.58. The average molecular weight is 309 g/mol. The maximum absolute atomic E-state index is 11.2. The highest BCUT2D eigenvalue weighted by Gasteiger charge is 2.28. The van der Waals surface area contributed by atoms with E-state index in [9.17, 15) is 9.90 Å². The predicted molar refractivity (Wildman–Crippen MR) is 80.4 cm³/mol. The molecule has 1 atom stereocenters. The van der Waals surface area contributed by atoms with Gasteiger partial charge in [-0.15, -0.1) is 11.8 Å². The summed E-state index contributed by atoms with van der Waals surface area (Å²) in [6, 6.07) is 5.66. The van der Waals surface area contributed by atoms with Crippen LogP contribution >= 0.6 is 11.8 Å². The lowest BCUT2D eigenvalue weighted by molar-refractivity contribution is -0.138. The summed E-state index contributed by atoms with van der Waals surface area (Å²) in [6.45, 7) is 1.33. The summed E-state index contributed by atoms with van der Waals surface area (Å²) in [5, 5.41) is 12.4. The van der Waals surface area contributed by atoms with Crippen LogP contribution in [0.5, 0.6) is 11.5 Å². The molecule has 1 aromatic carbocycles. The molecular weight excluding hydrogens is 290 g/mol. The van der Waals surface area contributed by atoms with Crippen LogP contribution in [-0.2, 0) is 4.79 Å². The van der Waals surface area contributed by atoms with E-state index in [1.165, 1.54) is 11.8 Å². The highest BCUT2D eigenvalue weighted by atomic mass is 32.2. The molecule has 1 heterocycles. The number of ether oxygens (including phenoxy) is 2. The van der Waals surface area contributed by atoms with Gasteiger partial charge in [-0.3, -0.25) is 4.79 Å². The van der Waals surface area contributed by atoms with Crippen molar-refractivity contribution in [1.29, 1.82) is 0 Å². The Kier molecular flexibility index (Phi) is 4.55. The van der Waals surface area contributed by atoms with Crippen LogP contribution in [0.3, 0.4) is 0 Å². The van der Waals surface area contributed by atoms with Gasteiger partial charge in [-0.05, 0) is 31.0 Å². The zero-order valence-electron chi connectivity index (χ0n) is 11.7. The van der Waals surface area contributed by atoms with Gasteiger partial charge in [-0.25, -0.2) is 0 Å². The lowest BCUT2D eigenvalue weighted by atomic mass is 10.3. The van der Waals surface area contributed by atoms with E-state index in [1.54, 1.807) is 0 Å². The SMILES string of the molecule is O=C(O)C(CSc1ccc2c(c1)OCCCO2)NC1CC1. The monoisotopic (exact) mass is 309 g/mol. The van der Waals surface area contributed by atoms with Gasteiger partial charge in [0, 0.05) is 23.1 Å². The number of fused-ring (bicyclic) bond motifs is 1. The van der Waals surface area contributed by atoms with Crippen LogP contribution in [-0.4, -0.2) is 42.1 Å². The number of benzene rings is 1. The number of rotatable bonds is 6. The number of nitrogens with one attached hydrogen (secondary N) is 1. The van der Waals surface area contributed by atoms with E-state index in [0.29, 0.717) is 25.0 Å². The van der Waals surface area contributed by atoms with Crippen LogP contribution in [0.25, 0.3) is 0 Å². The Labute approximate surface area is 128 Å². The number of aliphatic carboxylic acids is 1. The fraction of sp³-hybridized carbons (Fsp3) is 0.533. The molecule has 1 fully saturated rings. The normalized spacial score (nSPS) is 18.9. The largest absolute Gasteiger partial charge is 0.490 e. The molecule has 114 valence electrons. The van der Waals surface area contributed by atoms with Gasteiger partial charge in [0.2, 0.25) is 0 Å². The van der Waals surface area contributed by atoms with Crippen molar-refractivity contribution < 1.29 is 19.4 Å². The third-order valence-corrected chi connectivity index (χ3v) is 4.54. The van der Waals surface area contributed by atoms with Crippen LogP contribution in [0, 0.1) is 0 Å². The molecule has 0 spiro atoms. The van der Waals surface area contributed by atoms with Crippen LogP contribution in [0.15, 0.2) is 23.1 Å².